The molecule has 0 radical (unpaired) electrons. The van der Waals surface area contributed by atoms with Crippen molar-refractivity contribution < 1.29 is 4.79 Å². The molecule has 0 bridgehead atoms. The number of aryl methyl sites for hydroxylation is 1. The van der Waals surface area contributed by atoms with Gasteiger partial charge in [-0.15, -0.1) is 0 Å². The number of hydrogen-bond acceptors (Lipinski definition) is 5. The highest BCUT2D eigenvalue weighted by molar-refractivity contribution is 7.04. The molecule has 3 aromatic rings. The lowest BCUT2D eigenvalue weighted by atomic mass is 10.1. The highest BCUT2D eigenvalue weighted by Crippen LogP contribution is 2.11. The van der Waals surface area contributed by atoms with Crippen molar-refractivity contribution in [3.05, 3.63) is 61.6 Å². The lowest BCUT2D eigenvalue weighted by Crippen LogP contribution is -2.43. The molecule has 0 saturated carbocycles. The van der Waals surface area contributed by atoms with Gasteiger partial charge in [-0.2, -0.15) is 4.37 Å². The summed E-state index contributed by atoms with van der Waals surface area (Å²) in [6, 6.07) is 7.64. The van der Waals surface area contributed by atoms with E-state index in [0.29, 0.717) is 5.52 Å². The van der Waals surface area contributed by atoms with Crippen molar-refractivity contribution >= 4 is 28.5 Å². The van der Waals surface area contributed by atoms with Gasteiger partial charge >= 0.3 is 5.69 Å². The van der Waals surface area contributed by atoms with Crippen molar-refractivity contribution in [3.8, 4) is 0 Å². The minimum absolute atomic E-state index is 0.0162. The average Bonchev–Trinajstić information content (AvgIpc) is 3.12. The van der Waals surface area contributed by atoms with E-state index in [1.54, 1.807) is 5.38 Å². The zero-order valence-corrected chi connectivity index (χ0v) is 16.4. The maximum Gasteiger partial charge on any atom is 0.332 e. The fourth-order valence-corrected chi connectivity index (χ4v) is 3.55. The van der Waals surface area contributed by atoms with Crippen LogP contribution in [0.25, 0.3) is 11.0 Å². The number of nitrogens with zero attached hydrogens (tertiary/aromatic N) is 3. The van der Waals surface area contributed by atoms with Crippen LogP contribution in [0.4, 0.5) is 0 Å². The number of benzene rings is 1. The normalized spacial score (nSPS) is 12.3. The van der Waals surface area contributed by atoms with Crippen molar-refractivity contribution in [2.24, 2.45) is 0 Å². The molecule has 1 aromatic carbocycles. The summed E-state index contributed by atoms with van der Waals surface area (Å²) in [5.74, 6) is -0.264. The third-order valence-electron chi connectivity index (χ3n) is 4.50. The van der Waals surface area contributed by atoms with Gasteiger partial charge in [0.15, 0.2) is 5.52 Å². The van der Waals surface area contributed by atoms with Crippen LogP contribution in [0.5, 0.6) is 0 Å². The Kier molecular flexibility index (Phi) is 5.55. The van der Waals surface area contributed by atoms with Gasteiger partial charge in [0.2, 0.25) is 5.91 Å². The molecule has 1 N–H and O–H groups in total. The molecule has 2 heterocycles. The van der Waals surface area contributed by atoms with E-state index in [1.807, 2.05) is 45.0 Å². The molecule has 7 nitrogen and oxygen atoms in total. The number of hydrogen-bond donors (Lipinski definition) is 1. The summed E-state index contributed by atoms with van der Waals surface area (Å²) in [4.78, 5) is 38.1. The molecule has 0 saturated heterocycles. The van der Waals surface area contributed by atoms with Crippen molar-refractivity contribution in [3.63, 3.8) is 0 Å². The first kappa shape index (κ1) is 19.0. The molecule has 3 rings (SSSR count). The van der Waals surface area contributed by atoms with Crippen LogP contribution in [0.1, 0.15) is 31.4 Å². The first-order valence-electron chi connectivity index (χ1n) is 8.83. The SMILES string of the molecule is CC[C@H](C)NC(=O)Cn1c(=O)n(Cc2cccc(C)c2)c(=O)c2nscc21. The first-order valence-corrected chi connectivity index (χ1v) is 9.67. The van der Waals surface area contributed by atoms with E-state index in [-0.39, 0.29) is 30.6 Å². The van der Waals surface area contributed by atoms with Crippen LogP contribution in [0.15, 0.2) is 39.2 Å². The number of fused-ring (bicyclic) bond motifs is 1. The van der Waals surface area contributed by atoms with Crippen LogP contribution < -0.4 is 16.6 Å². The van der Waals surface area contributed by atoms with Crippen LogP contribution in [-0.2, 0) is 17.9 Å². The van der Waals surface area contributed by atoms with E-state index in [0.717, 1.165) is 33.6 Å². The Morgan fingerprint density at radius 2 is 2.07 bits per heavy atom. The van der Waals surface area contributed by atoms with Crippen molar-refractivity contribution in [1.29, 1.82) is 0 Å². The third kappa shape index (κ3) is 4.00. The second-order valence-electron chi connectivity index (χ2n) is 6.67. The molecule has 1 atom stereocenters. The van der Waals surface area contributed by atoms with E-state index in [9.17, 15) is 14.4 Å². The van der Waals surface area contributed by atoms with Crippen LogP contribution in [0, 0.1) is 6.92 Å². The number of nitrogens with one attached hydrogen (secondary N) is 1. The fraction of sp³-hybridized carbons (Fsp3) is 0.368. The van der Waals surface area contributed by atoms with E-state index in [1.165, 1.54) is 4.57 Å². The van der Waals surface area contributed by atoms with Crippen LogP contribution >= 0.6 is 11.5 Å². The largest absolute Gasteiger partial charge is 0.352 e. The summed E-state index contributed by atoms with van der Waals surface area (Å²) in [7, 11) is 0. The number of aromatic nitrogens is 3. The van der Waals surface area contributed by atoms with Gasteiger partial charge in [-0.05, 0) is 37.4 Å². The summed E-state index contributed by atoms with van der Waals surface area (Å²) in [6.45, 7) is 5.82. The molecule has 27 heavy (non-hydrogen) atoms. The van der Waals surface area contributed by atoms with Gasteiger partial charge in [-0.1, -0.05) is 36.8 Å². The van der Waals surface area contributed by atoms with Crippen LogP contribution in [0.3, 0.4) is 0 Å². The summed E-state index contributed by atoms with van der Waals surface area (Å²) in [6.07, 6.45) is 0.795. The topological polar surface area (TPSA) is 86.0 Å². The van der Waals surface area contributed by atoms with Gasteiger partial charge < -0.3 is 5.32 Å². The van der Waals surface area contributed by atoms with Gasteiger partial charge in [0.05, 0.1) is 12.1 Å². The lowest BCUT2D eigenvalue weighted by Gasteiger charge is -2.14. The molecule has 0 aliphatic rings. The van der Waals surface area contributed by atoms with Crippen molar-refractivity contribution in [2.75, 3.05) is 0 Å². The van der Waals surface area contributed by atoms with E-state index >= 15 is 0 Å². The van der Waals surface area contributed by atoms with Gasteiger partial charge in [-0.25, -0.2) is 4.79 Å². The molecule has 0 aliphatic carbocycles. The van der Waals surface area contributed by atoms with Gasteiger partial charge in [0.25, 0.3) is 5.56 Å². The van der Waals surface area contributed by atoms with Gasteiger partial charge in [0.1, 0.15) is 6.54 Å². The Morgan fingerprint density at radius 3 is 2.78 bits per heavy atom. The standard InChI is InChI=1S/C19H22N4O3S/c1-4-13(3)20-16(24)10-22-15-11-27-21-17(15)18(25)23(19(22)26)9-14-7-5-6-12(2)8-14/h5-8,11,13H,4,9-10H2,1-3H3,(H,20,24)/t13-/m0/s1. The zero-order chi connectivity index (χ0) is 19.6. The second kappa shape index (κ2) is 7.87. The number of amides is 1. The lowest BCUT2D eigenvalue weighted by molar-refractivity contribution is -0.122. The summed E-state index contributed by atoms with van der Waals surface area (Å²) in [5, 5.41) is 4.48. The molecular weight excluding hydrogens is 364 g/mol. The quantitative estimate of drug-likeness (QED) is 0.701. The van der Waals surface area contributed by atoms with Crippen molar-refractivity contribution in [1.82, 2.24) is 18.8 Å². The van der Waals surface area contributed by atoms with E-state index in [4.69, 9.17) is 0 Å². The summed E-state index contributed by atoms with van der Waals surface area (Å²) >= 11 is 1.10. The summed E-state index contributed by atoms with van der Waals surface area (Å²) < 4.78 is 6.61. The fourth-order valence-electron chi connectivity index (χ4n) is 2.89. The molecule has 8 heteroatoms. The van der Waals surface area contributed by atoms with Crippen LogP contribution in [0.2, 0.25) is 0 Å². The third-order valence-corrected chi connectivity index (χ3v) is 5.11. The maximum absolute atomic E-state index is 13.0. The number of rotatable bonds is 6. The van der Waals surface area contributed by atoms with Crippen molar-refractivity contribution in [2.45, 2.75) is 46.3 Å². The highest BCUT2D eigenvalue weighted by Gasteiger charge is 2.18. The molecular formula is C19H22N4O3S. The van der Waals surface area contributed by atoms with E-state index < -0.39 is 11.2 Å². The minimum atomic E-state index is -0.506. The Bertz CT molecular complexity index is 1100. The second-order valence-corrected chi connectivity index (χ2v) is 7.30. The molecule has 0 fully saturated rings. The Labute approximate surface area is 160 Å². The molecule has 0 spiro atoms. The minimum Gasteiger partial charge on any atom is -0.352 e. The van der Waals surface area contributed by atoms with Crippen LogP contribution in [-0.4, -0.2) is 25.5 Å². The molecule has 142 valence electrons. The van der Waals surface area contributed by atoms with E-state index in [2.05, 4.69) is 9.69 Å². The molecule has 0 aliphatic heterocycles. The van der Waals surface area contributed by atoms with Gasteiger partial charge in [0, 0.05) is 11.4 Å². The zero-order valence-electron chi connectivity index (χ0n) is 15.6. The smallest absolute Gasteiger partial charge is 0.332 e. The van der Waals surface area contributed by atoms with Gasteiger partial charge in [-0.3, -0.25) is 18.7 Å². The summed E-state index contributed by atoms with van der Waals surface area (Å²) in [5.41, 5.74) is 1.56. The monoisotopic (exact) mass is 386 g/mol. The predicted molar refractivity (Wildman–Crippen MR) is 106 cm³/mol. The predicted octanol–water partition coefficient (Wildman–Crippen LogP) is 1.89. The average molecular weight is 386 g/mol. The Morgan fingerprint density at radius 1 is 1.30 bits per heavy atom. The number of carbonyl (C=O) groups is 1. The number of carbonyl (C=O) groups excluding carboxylic acids is 1. The maximum atomic E-state index is 13.0. The molecule has 0 unspecified atom stereocenters. The first-order chi connectivity index (χ1) is 12.9. The molecule has 1 amide bonds. The molecule has 2 aromatic heterocycles. The highest BCUT2D eigenvalue weighted by atomic mass is 32.1. The Balaban J connectivity index is 2.06. The Hall–Kier alpha value is -2.74.